The number of rotatable bonds is 7. The van der Waals surface area contributed by atoms with Gasteiger partial charge in [0.05, 0.1) is 5.60 Å². The summed E-state index contributed by atoms with van der Waals surface area (Å²) < 4.78 is 13.3. The number of carbonyl (C=O) groups excluding carboxylic acids is 1. The van der Waals surface area contributed by atoms with Gasteiger partial charge in [0.2, 0.25) is 5.91 Å². The second kappa shape index (κ2) is 7.50. The smallest absolute Gasteiger partial charge is 0.220 e. The highest BCUT2D eigenvalue weighted by Gasteiger charge is 2.18. The van der Waals surface area contributed by atoms with Gasteiger partial charge in [0.25, 0.3) is 0 Å². The number of halogens is 1. The monoisotopic (exact) mass is 285 g/mol. The molecule has 0 heterocycles. The summed E-state index contributed by atoms with van der Waals surface area (Å²) in [7, 11) is 0. The van der Waals surface area contributed by atoms with Crippen molar-refractivity contribution in [3.05, 3.63) is 30.1 Å². The lowest BCUT2D eigenvalue weighted by atomic mass is 10.0. The Hall–Kier alpha value is -1.07. The molecular weight excluding hydrogens is 265 g/mol. The fourth-order valence-electron chi connectivity index (χ4n) is 1.32. The molecule has 0 aliphatic heterocycles. The van der Waals surface area contributed by atoms with Crippen LogP contribution in [0.5, 0.6) is 0 Å². The largest absolute Gasteiger partial charge is 0.388 e. The minimum atomic E-state index is -0.867. The zero-order chi connectivity index (χ0) is 14.3. The van der Waals surface area contributed by atoms with Crippen LogP contribution in [0.15, 0.2) is 29.2 Å². The van der Waals surface area contributed by atoms with Gasteiger partial charge in [-0.1, -0.05) is 19.1 Å². The van der Waals surface area contributed by atoms with E-state index in [1.807, 2.05) is 6.92 Å². The minimum absolute atomic E-state index is 0.127. The van der Waals surface area contributed by atoms with Crippen LogP contribution in [0.3, 0.4) is 0 Å². The summed E-state index contributed by atoms with van der Waals surface area (Å²) in [5.41, 5.74) is -0.867. The fourth-order valence-corrected chi connectivity index (χ4v) is 2.21. The van der Waals surface area contributed by atoms with E-state index in [1.165, 1.54) is 17.8 Å². The van der Waals surface area contributed by atoms with Gasteiger partial charge in [0.1, 0.15) is 5.82 Å². The molecule has 19 heavy (non-hydrogen) atoms. The Balaban J connectivity index is 2.26. The Morgan fingerprint density at radius 1 is 1.47 bits per heavy atom. The van der Waals surface area contributed by atoms with Crippen molar-refractivity contribution in [2.45, 2.75) is 37.2 Å². The highest BCUT2D eigenvalue weighted by atomic mass is 32.2. The second-order valence-electron chi connectivity index (χ2n) is 4.66. The van der Waals surface area contributed by atoms with E-state index in [-0.39, 0.29) is 18.3 Å². The lowest BCUT2D eigenvalue weighted by Gasteiger charge is -2.21. The van der Waals surface area contributed by atoms with Crippen LogP contribution in [-0.2, 0) is 4.79 Å². The molecule has 0 bridgehead atoms. The molecule has 3 nitrogen and oxygen atoms in total. The lowest BCUT2D eigenvalue weighted by molar-refractivity contribution is -0.121. The summed E-state index contributed by atoms with van der Waals surface area (Å²) in [4.78, 5) is 12.1. The summed E-state index contributed by atoms with van der Waals surface area (Å²) in [5, 5.41) is 12.4. The van der Waals surface area contributed by atoms with E-state index >= 15 is 0 Å². The molecule has 0 aliphatic rings. The Labute approximate surface area is 117 Å². The molecule has 0 saturated carbocycles. The number of hydrogen-bond acceptors (Lipinski definition) is 3. The molecule has 0 radical (unpaired) electrons. The zero-order valence-electron chi connectivity index (χ0n) is 11.3. The van der Waals surface area contributed by atoms with Crippen LogP contribution in [0.25, 0.3) is 0 Å². The molecule has 1 atom stereocenters. The summed E-state index contributed by atoms with van der Waals surface area (Å²) in [5.74, 6) is 0.125. The van der Waals surface area contributed by atoms with Crippen molar-refractivity contribution < 1.29 is 14.3 Å². The van der Waals surface area contributed by atoms with Crippen LogP contribution in [0, 0.1) is 5.82 Å². The molecule has 0 saturated heterocycles. The Morgan fingerprint density at radius 2 is 2.16 bits per heavy atom. The standard InChI is InChI=1S/C14H20FNO2S/c1-3-14(2,18)10-16-13(17)8-9-19-12-7-5-4-6-11(12)15/h4-7,18H,3,8-10H2,1-2H3,(H,16,17). The third kappa shape index (κ3) is 6.07. The third-order valence-electron chi connectivity index (χ3n) is 2.85. The Morgan fingerprint density at radius 3 is 2.79 bits per heavy atom. The highest BCUT2D eigenvalue weighted by molar-refractivity contribution is 7.99. The maximum absolute atomic E-state index is 13.3. The first-order valence-electron chi connectivity index (χ1n) is 6.31. The number of hydrogen-bond donors (Lipinski definition) is 2. The zero-order valence-corrected chi connectivity index (χ0v) is 12.1. The van der Waals surface area contributed by atoms with E-state index in [1.54, 1.807) is 25.1 Å². The summed E-state index contributed by atoms with van der Waals surface area (Å²) in [6.45, 7) is 3.79. The van der Waals surface area contributed by atoms with E-state index in [2.05, 4.69) is 5.32 Å². The average molecular weight is 285 g/mol. The van der Waals surface area contributed by atoms with Crippen LogP contribution in [0.4, 0.5) is 4.39 Å². The predicted octanol–water partition coefficient (Wildman–Crippen LogP) is 2.59. The second-order valence-corrected chi connectivity index (χ2v) is 5.79. The van der Waals surface area contributed by atoms with Crippen LogP contribution in [0.1, 0.15) is 26.7 Å². The molecule has 1 aromatic rings. The fraction of sp³-hybridized carbons (Fsp3) is 0.500. The van der Waals surface area contributed by atoms with Gasteiger partial charge < -0.3 is 10.4 Å². The van der Waals surface area contributed by atoms with Crippen molar-refractivity contribution >= 4 is 17.7 Å². The topological polar surface area (TPSA) is 49.3 Å². The van der Waals surface area contributed by atoms with Gasteiger partial charge in [-0.2, -0.15) is 0 Å². The van der Waals surface area contributed by atoms with E-state index in [0.717, 1.165) is 0 Å². The molecule has 1 rings (SSSR count). The summed E-state index contributed by atoms with van der Waals surface area (Å²) in [6, 6.07) is 6.50. The van der Waals surface area contributed by atoms with Crippen molar-refractivity contribution in [1.29, 1.82) is 0 Å². The number of aliphatic hydroxyl groups is 1. The van der Waals surface area contributed by atoms with Gasteiger partial charge >= 0.3 is 0 Å². The maximum Gasteiger partial charge on any atom is 0.220 e. The Kier molecular flexibility index (Phi) is 6.31. The summed E-state index contributed by atoms with van der Waals surface area (Å²) >= 11 is 1.32. The van der Waals surface area contributed by atoms with Crippen LogP contribution < -0.4 is 5.32 Å². The van der Waals surface area contributed by atoms with Crippen molar-refractivity contribution in [2.24, 2.45) is 0 Å². The van der Waals surface area contributed by atoms with E-state index in [9.17, 15) is 14.3 Å². The van der Waals surface area contributed by atoms with E-state index in [4.69, 9.17) is 0 Å². The third-order valence-corrected chi connectivity index (χ3v) is 3.90. The number of thioether (sulfide) groups is 1. The molecule has 106 valence electrons. The minimum Gasteiger partial charge on any atom is -0.388 e. The molecule has 0 aliphatic carbocycles. The predicted molar refractivity (Wildman–Crippen MR) is 75.7 cm³/mol. The molecule has 1 amide bonds. The van der Waals surface area contributed by atoms with Crippen molar-refractivity contribution in [3.63, 3.8) is 0 Å². The van der Waals surface area contributed by atoms with Crippen molar-refractivity contribution in [2.75, 3.05) is 12.3 Å². The van der Waals surface area contributed by atoms with Gasteiger partial charge in [-0.25, -0.2) is 4.39 Å². The van der Waals surface area contributed by atoms with E-state index < -0.39 is 5.60 Å². The number of amides is 1. The molecule has 1 aromatic carbocycles. The molecule has 2 N–H and O–H groups in total. The first-order chi connectivity index (χ1) is 8.94. The number of benzene rings is 1. The summed E-state index contributed by atoms with van der Waals surface area (Å²) in [6.07, 6.45) is 0.885. The normalized spacial score (nSPS) is 13.9. The first kappa shape index (κ1) is 16.0. The molecule has 0 spiro atoms. The van der Waals surface area contributed by atoms with Crippen LogP contribution in [0.2, 0.25) is 0 Å². The SMILES string of the molecule is CCC(C)(O)CNC(=O)CCSc1ccccc1F. The van der Waals surface area contributed by atoms with Gasteiger partial charge in [-0.3, -0.25) is 4.79 Å². The number of carbonyl (C=O) groups is 1. The molecule has 1 unspecified atom stereocenters. The Bertz CT molecular complexity index is 424. The molecule has 5 heteroatoms. The van der Waals surface area contributed by atoms with Gasteiger partial charge in [0.15, 0.2) is 0 Å². The van der Waals surface area contributed by atoms with Gasteiger partial charge in [-0.15, -0.1) is 11.8 Å². The lowest BCUT2D eigenvalue weighted by Crippen LogP contribution is -2.40. The van der Waals surface area contributed by atoms with Crippen LogP contribution >= 0.6 is 11.8 Å². The van der Waals surface area contributed by atoms with Crippen molar-refractivity contribution in [3.8, 4) is 0 Å². The number of nitrogens with one attached hydrogen (secondary N) is 1. The average Bonchev–Trinajstić information content (AvgIpc) is 2.39. The maximum atomic E-state index is 13.3. The highest BCUT2D eigenvalue weighted by Crippen LogP contribution is 2.21. The quantitative estimate of drug-likeness (QED) is 0.757. The first-order valence-corrected chi connectivity index (χ1v) is 7.29. The molecule has 0 fully saturated rings. The molecule has 0 aromatic heterocycles. The molecular formula is C14H20FNO2S. The van der Waals surface area contributed by atoms with Crippen LogP contribution in [-0.4, -0.2) is 28.9 Å². The van der Waals surface area contributed by atoms with Gasteiger partial charge in [0, 0.05) is 23.6 Å². The van der Waals surface area contributed by atoms with E-state index in [0.29, 0.717) is 23.5 Å². The van der Waals surface area contributed by atoms with Crippen molar-refractivity contribution in [1.82, 2.24) is 5.32 Å². The van der Waals surface area contributed by atoms with Gasteiger partial charge in [-0.05, 0) is 25.5 Å².